The van der Waals surface area contributed by atoms with Crippen LogP contribution in [-0.4, -0.2) is 11.4 Å². The van der Waals surface area contributed by atoms with E-state index in [9.17, 15) is 10.2 Å². The van der Waals surface area contributed by atoms with Crippen LogP contribution in [0.25, 0.3) is 0 Å². The molecule has 0 spiro atoms. The third kappa shape index (κ3) is 45.5. The minimum Gasteiger partial charge on any atom is -0.873 e. The molecule has 0 saturated carbocycles. The van der Waals surface area contributed by atoms with E-state index >= 15 is 0 Å². The van der Waals surface area contributed by atoms with Crippen molar-refractivity contribution in [2.75, 3.05) is 0 Å². The summed E-state index contributed by atoms with van der Waals surface area (Å²) in [6, 6.07) is 20.5. The van der Waals surface area contributed by atoms with E-state index < -0.39 is 0 Å². The summed E-state index contributed by atoms with van der Waals surface area (Å²) in [5, 5.41) is 22.7. The molecule has 86 heavy (non-hydrogen) atoms. The van der Waals surface area contributed by atoms with E-state index in [-0.39, 0.29) is 28.0 Å². The maximum absolute atomic E-state index is 11.4. The van der Waals surface area contributed by atoms with Gasteiger partial charge in [0, 0.05) is 24.0 Å². The number of unbranched alkanes of at least 4 members (excludes halogenated alkanes) is 42. The molecule has 4 nitrogen and oxygen atoms in total. The number of rotatable bonds is 52. The monoisotopic (exact) mass is 1220 g/mol. The topological polar surface area (TPSA) is 70.8 Å². The van der Waals surface area contributed by atoms with Gasteiger partial charge in [0.2, 0.25) is 0 Å². The van der Waals surface area contributed by atoms with Gasteiger partial charge in [0.25, 0.3) is 0 Å². The van der Waals surface area contributed by atoms with Crippen LogP contribution >= 0.6 is 0 Å². The summed E-state index contributed by atoms with van der Waals surface area (Å²) in [6.45, 7) is 13.2. The van der Waals surface area contributed by atoms with Gasteiger partial charge in [-0.15, -0.1) is 11.5 Å². The third-order valence-corrected chi connectivity index (χ3v) is 17.1. The second-order valence-electron chi connectivity index (χ2n) is 25.1. The molecule has 0 radical (unpaired) electrons. The Hall–Kier alpha value is -3.79. The summed E-state index contributed by atoms with van der Waals surface area (Å²) < 4.78 is 0. The molecule has 5 heteroatoms. The molecular weight excluding hydrogens is 1090 g/mol. The fraction of sp³-hybridized carbons (Fsp3) is 0.704. The van der Waals surface area contributed by atoms with Gasteiger partial charge in [0.15, 0.2) is 0 Å². The molecule has 0 heterocycles. The maximum Gasteiger partial charge on any atom is 2.00 e. The summed E-state index contributed by atoms with van der Waals surface area (Å²) in [4.78, 5) is 10.5. The predicted octanol–water partition coefficient (Wildman–Crippen LogP) is 25.4. The minimum absolute atomic E-state index is 0. The molecule has 3 rings (SSSR count). The Bertz CT molecular complexity index is 2190. The van der Waals surface area contributed by atoms with Gasteiger partial charge < -0.3 is 10.2 Å². The van der Waals surface area contributed by atoms with E-state index in [4.69, 9.17) is 9.98 Å². The first-order valence-corrected chi connectivity index (χ1v) is 36.7. The van der Waals surface area contributed by atoms with Gasteiger partial charge in [0.1, 0.15) is 0 Å². The molecule has 0 saturated heterocycles. The maximum atomic E-state index is 11.4. The first-order valence-electron chi connectivity index (χ1n) is 36.7. The van der Waals surface area contributed by atoms with Gasteiger partial charge in [-0.3, -0.25) is 9.98 Å². The van der Waals surface area contributed by atoms with Crippen LogP contribution in [0.15, 0.2) is 70.6 Å². The number of aryl methyl sites for hydroxylation is 2. The number of hydrogen-bond acceptors (Lipinski definition) is 4. The molecule has 3 aromatic carbocycles. The van der Waals surface area contributed by atoms with Crippen LogP contribution in [0.2, 0.25) is 0 Å². The van der Waals surface area contributed by atoms with Crippen LogP contribution in [0.5, 0.6) is 11.5 Å². The Morgan fingerprint density at radius 3 is 0.942 bits per heavy atom. The van der Waals surface area contributed by atoms with Crippen molar-refractivity contribution in [3.05, 3.63) is 82.9 Å². The zero-order valence-electron chi connectivity index (χ0n) is 56.9. The standard InChI is InChI=1S/C69H114N2.C12H18O2.Ni/c1-5-9-13-15-17-19-21-23-25-27-29-31-33-35-37-39-41-43-45-47-50-52-64-56-60-66(61-57-64)70-68(54-12-8-4)69(55-49-11-7-3)71-67-62-58-65(59-63-67)53-51-48-46-44-42-40-38-36-34-32-30-28-26-24-22-20-18-16-14-10-6-2;1-3-5-6-10-7-9(4-2)8-11(13)12(10)14;/h56-63H,5-49,54-55H2,1-4H3;7-8,13-14H,3-6H2,1-2H3;/q;;+2/p-2. The van der Waals surface area contributed by atoms with Crippen molar-refractivity contribution in [3.63, 3.8) is 0 Å². The van der Waals surface area contributed by atoms with Gasteiger partial charge in [-0.25, -0.2) is 0 Å². The first-order chi connectivity index (χ1) is 41.9. The molecule has 0 fully saturated rings. The summed E-state index contributed by atoms with van der Waals surface area (Å²) in [5.74, 6) is 13.1. The number of aliphatic imine (C=N–C) groups is 2. The Morgan fingerprint density at radius 1 is 0.337 bits per heavy atom. The molecule has 0 atom stereocenters. The van der Waals surface area contributed by atoms with Crippen LogP contribution in [0, 0.1) is 23.7 Å². The average Bonchev–Trinajstić information content (AvgIpc) is 3.53. The molecule has 0 bridgehead atoms. The van der Waals surface area contributed by atoms with Gasteiger partial charge in [0.05, 0.1) is 22.8 Å². The van der Waals surface area contributed by atoms with Crippen LogP contribution in [0.4, 0.5) is 11.4 Å². The fourth-order valence-corrected chi connectivity index (χ4v) is 11.4. The molecule has 0 aromatic heterocycles. The predicted molar refractivity (Wildman–Crippen MR) is 374 cm³/mol. The van der Waals surface area contributed by atoms with Gasteiger partial charge >= 0.3 is 16.5 Å². The molecule has 0 amide bonds. The summed E-state index contributed by atoms with van der Waals surface area (Å²) in [5.41, 5.74) is 8.11. The van der Waals surface area contributed by atoms with E-state index in [2.05, 4.69) is 107 Å². The zero-order chi connectivity index (χ0) is 61.1. The molecule has 0 aliphatic rings. The van der Waals surface area contributed by atoms with Crippen molar-refractivity contribution in [1.82, 2.24) is 0 Å². The average molecular weight is 1220 g/mol. The molecular formula is C81H130N2NiO2. The summed E-state index contributed by atoms with van der Waals surface area (Å²) >= 11 is 0. The van der Waals surface area contributed by atoms with E-state index in [0.717, 1.165) is 110 Å². The zero-order valence-corrected chi connectivity index (χ0v) is 57.9. The number of hydrogen-bond donors (Lipinski definition) is 0. The van der Waals surface area contributed by atoms with Crippen LogP contribution in [0.1, 0.15) is 378 Å². The Morgan fingerprint density at radius 2 is 0.628 bits per heavy atom. The van der Waals surface area contributed by atoms with Gasteiger partial charge in [-0.1, -0.05) is 340 Å². The second-order valence-corrected chi connectivity index (χ2v) is 25.1. The van der Waals surface area contributed by atoms with E-state index in [1.807, 2.05) is 13.0 Å². The van der Waals surface area contributed by atoms with E-state index in [1.54, 1.807) is 0 Å². The van der Waals surface area contributed by atoms with Crippen LogP contribution < -0.4 is 10.2 Å². The van der Waals surface area contributed by atoms with Crippen LogP contribution in [-0.2, 0) is 29.3 Å². The van der Waals surface area contributed by atoms with Crippen molar-refractivity contribution in [3.8, 4) is 35.2 Å². The first kappa shape index (κ1) is 80.2. The molecule has 0 unspecified atom stereocenters. The van der Waals surface area contributed by atoms with Crippen molar-refractivity contribution < 1.29 is 26.7 Å². The second kappa shape index (κ2) is 60.1. The molecule has 486 valence electrons. The van der Waals surface area contributed by atoms with E-state index in [0.29, 0.717) is 5.56 Å². The third-order valence-electron chi connectivity index (χ3n) is 17.1. The molecule has 3 aromatic rings. The molecule has 0 aliphatic heterocycles. The Balaban J connectivity index is 0.00000215. The fourth-order valence-electron chi connectivity index (χ4n) is 11.4. The SMILES string of the molecule is CCCCCCCCCCCCCCCCCCCCCC#Cc1ccc(N=C(CCCC)C(CCCCC)=Nc2ccc(C#CCCCCCCCCCCCCCCCCCCCCC)cc2)cc1.CCCCc1cc(CC)cc([O-])c1[O-].[Ni+2]. The van der Waals surface area contributed by atoms with Crippen molar-refractivity contribution >= 4 is 22.8 Å². The Labute approximate surface area is 543 Å². The van der Waals surface area contributed by atoms with E-state index in [1.165, 1.54) is 263 Å². The van der Waals surface area contributed by atoms with Gasteiger partial charge in [-0.2, -0.15) is 0 Å². The molecule has 0 N–H and O–H groups in total. The summed E-state index contributed by atoms with van der Waals surface area (Å²) in [6.07, 6.45) is 67.0. The van der Waals surface area contributed by atoms with Crippen molar-refractivity contribution in [1.29, 1.82) is 0 Å². The van der Waals surface area contributed by atoms with Crippen molar-refractivity contribution in [2.45, 2.75) is 369 Å². The Kier molecular flexibility index (Phi) is 56.1. The number of nitrogens with zero attached hydrogens (tertiary/aromatic N) is 2. The van der Waals surface area contributed by atoms with Gasteiger partial charge in [-0.05, 0) is 112 Å². The van der Waals surface area contributed by atoms with Crippen molar-refractivity contribution in [2.24, 2.45) is 9.98 Å². The largest absolute Gasteiger partial charge is 2.00 e. The normalized spacial score (nSPS) is 11.4. The number of benzene rings is 3. The van der Waals surface area contributed by atoms with Crippen LogP contribution in [0.3, 0.4) is 0 Å². The quantitative estimate of drug-likeness (QED) is 0.0245. The smallest absolute Gasteiger partial charge is 0.873 e. The molecule has 0 aliphatic carbocycles. The minimum atomic E-state index is -0.351. The summed E-state index contributed by atoms with van der Waals surface area (Å²) in [7, 11) is 0.